The summed E-state index contributed by atoms with van der Waals surface area (Å²) in [5.74, 6) is 2.66. The first-order valence-electron chi connectivity index (χ1n) is 13.4. The van der Waals surface area contributed by atoms with E-state index in [-0.39, 0.29) is 18.0 Å². The molecule has 0 spiro atoms. The van der Waals surface area contributed by atoms with Crippen molar-refractivity contribution in [1.82, 2.24) is 4.57 Å². The Morgan fingerprint density at radius 2 is 1.57 bits per heavy atom. The van der Waals surface area contributed by atoms with Crippen LogP contribution in [0.25, 0.3) is 10.9 Å². The minimum Gasteiger partial charge on any atom is -0.497 e. The van der Waals surface area contributed by atoms with Crippen LogP contribution in [-0.2, 0) is 22.9 Å². The predicted molar refractivity (Wildman–Crippen MR) is 151 cm³/mol. The quantitative estimate of drug-likeness (QED) is 0.393. The number of fused-ring (bicyclic) bond motifs is 1. The maximum atomic E-state index is 6.11. The van der Waals surface area contributed by atoms with Crippen LogP contribution >= 0.6 is 0 Å². The van der Waals surface area contributed by atoms with Crippen LogP contribution in [-0.4, -0.2) is 56.8 Å². The van der Waals surface area contributed by atoms with Gasteiger partial charge in [0, 0.05) is 30.2 Å². The van der Waals surface area contributed by atoms with Crippen LogP contribution < -0.4 is 10.1 Å². The zero-order valence-corrected chi connectivity index (χ0v) is 24.3. The van der Waals surface area contributed by atoms with Gasteiger partial charge in [-0.1, -0.05) is 52.8 Å². The molecule has 1 aromatic heterocycles. The van der Waals surface area contributed by atoms with Crippen LogP contribution in [0.2, 0.25) is 18.1 Å². The SMILES string of the molecule is CCOC1=N[C@H](Cc2c([Si](CC)(CC)CC)n(C)c3cc(OC)ccc23)C(OCC)=N[C@H]1C(C)C. The lowest BCUT2D eigenvalue weighted by Crippen LogP contribution is -2.51. The second kappa shape index (κ2) is 11.6. The molecule has 0 fully saturated rings. The molecule has 0 N–H and O–H groups in total. The molecule has 35 heavy (non-hydrogen) atoms. The van der Waals surface area contributed by atoms with Gasteiger partial charge in [-0.15, -0.1) is 0 Å². The van der Waals surface area contributed by atoms with Crippen molar-refractivity contribution in [1.29, 1.82) is 0 Å². The van der Waals surface area contributed by atoms with Gasteiger partial charge < -0.3 is 18.8 Å². The Morgan fingerprint density at radius 3 is 2.11 bits per heavy atom. The van der Waals surface area contributed by atoms with Crippen LogP contribution in [0.4, 0.5) is 0 Å². The number of nitrogens with zero attached hydrogens (tertiary/aromatic N) is 3. The van der Waals surface area contributed by atoms with Crippen molar-refractivity contribution in [3.8, 4) is 5.75 Å². The number of rotatable bonds is 10. The zero-order chi connectivity index (χ0) is 25.8. The molecule has 0 saturated heterocycles. The first kappa shape index (κ1) is 27.3. The molecular formula is C28H45N3O3Si. The maximum absolute atomic E-state index is 6.11. The molecule has 0 unspecified atom stereocenters. The lowest BCUT2D eigenvalue weighted by Gasteiger charge is -2.32. The molecule has 1 aliphatic heterocycles. The van der Waals surface area contributed by atoms with Crippen molar-refractivity contribution in [2.75, 3.05) is 20.3 Å². The molecule has 1 aliphatic rings. The normalized spacial score (nSPS) is 18.6. The Bertz CT molecular complexity index is 1060. The monoisotopic (exact) mass is 499 g/mol. The molecule has 1 aromatic carbocycles. The van der Waals surface area contributed by atoms with Crippen LogP contribution in [0.3, 0.4) is 0 Å². The van der Waals surface area contributed by atoms with E-state index in [9.17, 15) is 0 Å². The van der Waals surface area contributed by atoms with E-state index in [2.05, 4.69) is 64.4 Å². The standard InChI is InChI=1S/C28H45N3O3Si/c1-10-33-26-23(29-27(34-11-2)25(30-26)19(6)7)18-22-21-16-15-20(32-9)17-24(21)31(8)28(22)35(12-3,13-4)14-5/h15-17,19,23,25H,10-14,18H2,1-9H3/t23-,25+/m1/s1. The first-order valence-corrected chi connectivity index (χ1v) is 16.0. The van der Waals surface area contributed by atoms with Gasteiger partial charge in [-0.3, -0.25) is 0 Å². The average Bonchev–Trinajstić information content (AvgIpc) is 3.13. The molecule has 7 heteroatoms. The Balaban J connectivity index is 2.22. The van der Waals surface area contributed by atoms with Crippen molar-refractivity contribution in [2.24, 2.45) is 23.0 Å². The van der Waals surface area contributed by atoms with E-state index in [1.165, 1.54) is 39.9 Å². The predicted octanol–water partition coefficient (Wildman–Crippen LogP) is 5.72. The van der Waals surface area contributed by atoms with Gasteiger partial charge in [-0.2, -0.15) is 0 Å². The van der Waals surface area contributed by atoms with Crippen LogP contribution in [0, 0.1) is 5.92 Å². The largest absolute Gasteiger partial charge is 0.497 e. The molecular weight excluding hydrogens is 454 g/mol. The summed E-state index contributed by atoms with van der Waals surface area (Å²) in [7, 11) is 2.24. The first-order chi connectivity index (χ1) is 16.8. The van der Waals surface area contributed by atoms with E-state index in [0.29, 0.717) is 13.2 Å². The van der Waals surface area contributed by atoms with Gasteiger partial charge in [-0.25, -0.2) is 9.98 Å². The van der Waals surface area contributed by atoms with Gasteiger partial charge >= 0.3 is 0 Å². The highest BCUT2D eigenvalue weighted by atomic mass is 28.3. The second-order valence-corrected chi connectivity index (χ2v) is 15.0. The van der Waals surface area contributed by atoms with Gasteiger partial charge in [0.05, 0.1) is 25.8 Å². The molecule has 0 amide bonds. The molecule has 0 radical (unpaired) electrons. The Morgan fingerprint density at radius 1 is 0.943 bits per heavy atom. The van der Waals surface area contributed by atoms with E-state index < -0.39 is 8.07 Å². The van der Waals surface area contributed by atoms with Crippen molar-refractivity contribution in [3.05, 3.63) is 23.8 Å². The molecule has 3 rings (SSSR count). The van der Waals surface area contributed by atoms with Crippen LogP contribution in [0.1, 0.15) is 54.0 Å². The van der Waals surface area contributed by atoms with Gasteiger partial charge in [0.1, 0.15) is 25.9 Å². The highest BCUT2D eigenvalue weighted by molar-refractivity contribution is 6.91. The molecule has 2 atom stereocenters. The lowest BCUT2D eigenvalue weighted by atomic mass is 10.00. The highest BCUT2D eigenvalue weighted by Crippen LogP contribution is 2.32. The Hall–Kier alpha value is -2.28. The van der Waals surface area contributed by atoms with Crippen molar-refractivity contribution < 1.29 is 14.2 Å². The number of aliphatic imine (C=N–C) groups is 2. The summed E-state index contributed by atoms with van der Waals surface area (Å²) in [4.78, 5) is 10.2. The summed E-state index contributed by atoms with van der Waals surface area (Å²) < 4.78 is 20.1. The van der Waals surface area contributed by atoms with E-state index >= 15 is 0 Å². The molecule has 2 aromatic rings. The zero-order valence-electron chi connectivity index (χ0n) is 23.3. The minimum absolute atomic E-state index is 0.0978. The number of methoxy groups -OCH3 is 1. The van der Waals surface area contributed by atoms with Crippen molar-refractivity contribution >= 4 is 36.1 Å². The van der Waals surface area contributed by atoms with Gasteiger partial charge in [-0.05, 0) is 37.5 Å². The molecule has 0 bridgehead atoms. The fourth-order valence-electron chi connectivity index (χ4n) is 5.63. The maximum Gasteiger partial charge on any atom is 0.210 e. The minimum atomic E-state index is -1.72. The lowest BCUT2D eigenvalue weighted by molar-refractivity contribution is 0.276. The van der Waals surface area contributed by atoms with Gasteiger partial charge in [0.2, 0.25) is 11.8 Å². The summed E-state index contributed by atoms with van der Waals surface area (Å²) >= 11 is 0. The summed E-state index contributed by atoms with van der Waals surface area (Å²) in [5.41, 5.74) is 2.61. The van der Waals surface area contributed by atoms with E-state index in [4.69, 9.17) is 24.2 Å². The number of hydrogen-bond acceptors (Lipinski definition) is 5. The third-order valence-corrected chi connectivity index (χ3v) is 13.4. The number of benzene rings is 1. The van der Waals surface area contributed by atoms with Gasteiger partial charge in [0.25, 0.3) is 0 Å². The van der Waals surface area contributed by atoms with Gasteiger partial charge in [0.15, 0.2) is 0 Å². The smallest absolute Gasteiger partial charge is 0.210 e. The third-order valence-electron chi connectivity index (χ3n) is 7.75. The highest BCUT2D eigenvalue weighted by Gasteiger charge is 2.38. The molecule has 2 heterocycles. The number of ether oxygens (including phenoxy) is 3. The second-order valence-electron chi connectivity index (χ2n) is 9.82. The molecule has 6 nitrogen and oxygen atoms in total. The number of hydrogen-bond donors (Lipinski definition) is 0. The average molecular weight is 500 g/mol. The van der Waals surface area contributed by atoms with Crippen molar-refractivity contribution in [3.63, 3.8) is 0 Å². The topological polar surface area (TPSA) is 57.3 Å². The summed E-state index contributed by atoms with van der Waals surface area (Å²) in [6.07, 6.45) is 0.758. The summed E-state index contributed by atoms with van der Waals surface area (Å²) in [6, 6.07) is 9.83. The van der Waals surface area contributed by atoms with E-state index in [1.54, 1.807) is 7.11 Å². The third kappa shape index (κ3) is 5.15. The van der Waals surface area contributed by atoms with Crippen LogP contribution in [0.5, 0.6) is 5.75 Å². The Kier molecular flexibility index (Phi) is 9.08. The molecule has 194 valence electrons. The summed E-state index contributed by atoms with van der Waals surface area (Å²) in [5, 5.41) is 2.81. The fraction of sp³-hybridized carbons (Fsp3) is 0.643. The summed E-state index contributed by atoms with van der Waals surface area (Å²) in [6.45, 7) is 16.6. The van der Waals surface area contributed by atoms with E-state index in [0.717, 1.165) is 24.0 Å². The molecule has 0 saturated carbocycles. The number of aryl methyl sites for hydroxylation is 1. The Labute approximate surface area is 212 Å². The number of aromatic nitrogens is 1. The molecule has 0 aliphatic carbocycles. The fourth-order valence-corrected chi connectivity index (χ4v) is 9.85. The van der Waals surface area contributed by atoms with Crippen LogP contribution in [0.15, 0.2) is 28.2 Å². The van der Waals surface area contributed by atoms with E-state index in [1.807, 2.05) is 13.8 Å². The van der Waals surface area contributed by atoms with Crippen molar-refractivity contribution in [2.45, 2.75) is 85.1 Å².